The van der Waals surface area contributed by atoms with E-state index in [1.165, 1.54) is 4.57 Å². The number of aromatic hydroxyl groups is 1. The first-order chi connectivity index (χ1) is 13.0. The van der Waals surface area contributed by atoms with Gasteiger partial charge in [-0.2, -0.15) is 5.10 Å². The standard InChI is InChI=1S/C20H21N5O2/c1-13(2)18-19(26)25(16-4-5-17-15(10-16)11-22-23(17)3)20(27)24(18)12-14-6-8-21-9-7-14/h4-11,13,26H,12H2,1-3H3. The van der Waals surface area contributed by atoms with E-state index in [-0.39, 0.29) is 17.5 Å². The quantitative estimate of drug-likeness (QED) is 0.605. The number of benzene rings is 1. The van der Waals surface area contributed by atoms with Crippen LogP contribution < -0.4 is 5.69 Å². The fraction of sp³-hybridized carbons (Fsp3) is 0.250. The molecule has 7 nitrogen and oxygen atoms in total. The zero-order valence-electron chi connectivity index (χ0n) is 15.5. The van der Waals surface area contributed by atoms with Gasteiger partial charge in [-0.05, 0) is 41.8 Å². The minimum absolute atomic E-state index is 0.0112. The van der Waals surface area contributed by atoms with Crippen LogP contribution in [0, 0.1) is 0 Å². The molecule has 0 fully saturated rings. The van der Waals surface area contributed by atoms with Crippen LogP contribution in [0.3, 0.4) is 0 Å². The molecule has 3 aromatic heterocycles. The number of nitrogens with zero attached hydrogens (tertiary/aromatic N) is 5. The summed E-state index contributed by atoms with van der Waals surface area (Å²) in [5.41, 5.74) is 2.88. The van der Waals surface area contributed by atoms with Crippen molar-refractivity contribution in [2.24, 2.45) is 7.05 Å². The molecule has 138 valence electrons. The molecule has 3 heterocycles. The van der Waals surface area contributed by atoms with E-state index in [9.17, 15) is 9.90 Å². The van der Waals surface area contributed by atoms with Gasteiger partial charge in [0.1, 0.15) is 0 Å². The Labute approximate surface area is 156 Å². The van der Waals surface area contributed by atoms with Crippen LogP contribution in [0.2, 0.25) is 0 Å². The maximum atomic E-state index is 13.2. The van der Waals surface area contributed by atoms with Crippen LogP contribution in [-0.4, -0.2) is 29.0 Å². The van der Waals surface area contributed by atoms with Gasteiger partial charge < -0.3 is 5.11 Å². The van der Waals surface area contributed by atoms with Crippen LogP contribution in [0.5, 0.6) is 5.88 Å². The smallest absolute Gasteiger partial charge is 0.336 e. The second kappa shape index (κ2) is 6.42. The van der Waals surface area contributed by atoms with E-state index in [1.807, 2.05) is 51.2 Å². The average Bonchev–Trinajstić information content (AvgIpc) is 3.13. The van der Waals surface area contributed by atoms with Gasteiger partial charge in [-0.25, -0.2) is 9.36 Å². The minimum atomic E-state index is -0.267. The normalized spacial score (nSPS) is 11.6. The van der Waals surface area contributed by atoms with Crippen molar-refractivity contribution in [1.82, 2.24) is 23.9 Å². The molecule has 0 aliphatic heterocycles. The molecule has 0 spiro atoms. The summed E-state index contributed by atoms with van der Waals surface area (Å²) in [6.07, 6.45) is 5.14. The fourth-order valence-corrected chi connectivity index (χ4v) is 3.47. The first kappa shape index (κ1) is 17.1. The maximum absolute atomic E-state index is 13.2. The number of rotatable bonds is 4. The molecule has 4 aromatic rings. The van der Waals surface area contributed by atoms with Gasteiger partial charge in [0, 0.05) is 24.8 Å². The minimum Gasteiger partial charge on any atom is -0.493 e. The lowest BCUT2D eigenvalue weighted by Crippen LogP contribution is -2.25. The van der Waals surface area contributed by atoms with E-state index < -0.39 is 0 Å². The van der Waals surface area contributed by atoms with Gasteiger partial charge in [0.2, 0.25) is 5.88 Å². The van der Waals surface area contributed by atoms with Crippen molar-refractivity contribution in [3.05, 3.63) is 70.7 Å². The molecule has 0 bridgehead atoms. The molecule has 0 saturated carbocycles. The van der Waals surface area contributed by atoms with Crippen molar-refractivity contribution in [1.29, 1.82) is 0 Å². The number of aromatic nitrogens is 5. The Morgan fingerprint density at radius 1 is 1.15 bits per heavy atom. The Kier molecular flexibility index (Phi) is 4.07. The van der Waals surface area contributed by atoms with E-state index in [0.717, 1.165) is 16.5 Å². The SMILES string of the molecule is CC(C)c1c(O)n(-c2ccc3c(cnn3C)c2)c(=O)n1Cc1ccncc1. The summed E-state index contributed by atoms with van der Waals surface area (Å²) in [7, 11) is 1.87. The molecular formula is C20H21N5O2. The highest BCUT2D eigenvalue weighted by Crippen LogP contribution is 2.28. The van der Waals surface area contributed by atoms with Crippen molar-refractivity contribution in [3.8, 4) is 11.6 Å². The first-order valence-electron chi connectivity index (χ1n) is 8.83. The monoisotopic (exact) mass is 363 g/mol. The average molecular weight is 363 g/mol. The summed E-state index contributed by atoms with van der Waals surface area (Å²) in [6, 6.07) is 9.33. The molecule has 0 aliphatic rings. The first-order valence-corrected chi connectivity index (χ1v) is 8.83. The highest BCUT2D eigenvalue weighted by Gasteiger charge is 2.23. The number of hydrogen-bond acceptors (Lipinski definition) is 4. The van der Waals surface area contributed by atoms with Gasteiger partial charge in [0.05, 0.1) is 29.6 Å². The van der Waals surface area contributed by atoms with Crippen LogP contribution in [0.1, 0.15) is 31.0 Å². The highest BCUT2D eigenvalue weighted by molar-refractivity contribution is 5.81. The summed E-state index contributed by atoms with van der Waals surface area (Å²) >= 11 is 0. The third kappa shape index (κ3) is 2.81. The molecule has 0 atom stereocenters. The van der Waals surface area contributed by atoms with Crippen molar-refractivity contribution in [2.45, 2.75) is 26.3 Å². The van der Waals surface area contributed by atoms with Gasteiger partial charge in [-0.3, -0.25) is 14.2 Å². The summed E-state index contributed by atoms with van der Waals surface area (Å²) in [5, 5.41) is 16.0. The Bertz CT molecular complexity index is 1170. The summed E-state index contributed by atoms with van der Waals surface area (Å²) in [5.74, 6) is -0.0322. The van der Waals surface area contributed by atoms with Crippen LogP contribution in [-0.2, 0) is 13.6 Å². The molecule has 1 N–H and O–H groups in total. The molecule has 4 rings (SSSR count). The van der Waals surface area contributed by atoms with Crippen LogP contribution >= 0.6 is 0 Å². The molecule has 27 heavy (non-hydrogen) atoms. The van der Waals surface area contributed by atoms with E-state index in [4.69, 9.17) is 0 Å². The molecule has 1 aromatic carbocycles. The Hall–Kier alpha value is -3.35. The molecule has 0 amide bonds. The van der Waals surface area contributed by atoms with E-state index in [1.54, 1.807) is 27.8 Å². The summed E-state index contributed by atoms with van der Waals surface area (Å²) < 4.78 is 4.77. The fourth-order valence-electron chi connectivity index (χ4n) is 3.47. The lowest BCUT2D eigenvalue weighted by Gasteiger charge is -2.10. The van der Waals surface area contributed by atoms with E-state index >= 15 is 0 Å². The van der Waals surface area contributed by atoms with Crippen molar-refractivity contribution < 1.29 is 5.11 Å². The molecule has 7 heteroatoms. The van der Waals surface area contributed by atoms with Crippen molar-refractivity contribution in [2.75, 3.05) is 0 Å². The highest BCUT2D eigenvalue weighted by atomic mass is 16.3. The van der Waals surface area contributed by atoms with Gasteiger partial charge in [-0.1, -0.05) is 13.8 Å². The number of pyridine rings is 1. The number of fused-ring (bicyclic) bond motifs is 1. The Balaban J connectivity index is 1.90. The maximum Gasteiger partial charge on any atom is 0.336 e. The molecule has 0 saturated heterocycles. The van der Waals surface area contributed by atoms with E-state index in [0.29, 0.717) is 17.9 Å². The lowest BCUT2D eigenvalue weighted by atomic mass is 10.1. The molecular weight excluding hydrogens is 342 g/mol. The van der Waals surface area contributed by atoms with Crippen molar-refractivity contribution in [3.63, 3.8) is 0 Å². The molecule has 0 radical (unpaired) electrons. The second-order valence-corrected chi connectivity index (χ2v) is 6.93. The van der Waals surface area contributed by atoms with Gasteiger partial charge in [-0.15, -0.1) is 0 Å². The summed E-state index contributed by atoms with van der Waals surface area (Å²) in [6.45, 7) is 4.31. The Morgan fingerprint density at radius 2 is 1.89 bits per heavy atom. The lowest BCUT2D eigenvalue weighted by molar-refractivity contribution is 0.430. The second-order valence-electron chi connectivity index (χ2n) is 6.93. The summed E-state index contributed by atoms with van der Waals surface area (Å²) in [4.78, 5) is 17.2. The topological polar surface area (TPSA) is 77.9 Å². The zero-order valence-corrected chi connectivity index (χ0v) is 15.5. The number of hydrogen-bond donors (Lipinski definition) is 1. The third-order valence-corrected chi connectivity index (χ3v) is 4.78. The molecule has 0 unspecified atom stereocenters. The van der Waals surface area contributed by atoms with Crippen LogP contribution in [0.15, 0.2) is 53.7 Å². The van der Waals surface area contributed by atoms with Gasteiger partial charge in [0.25, 0.3) is 0 Å². The predicted molar refractivity (Wildman–Crippen MR) is 103 cm³/mol. The number of imidazole rings is 1. The Morgan fingerprint density at radius 3 is 2.59 bits per heavy atom. The number of aryl methyl sites for hydroxylation is 1. The van der Waals surface area contributed by atoms with E-state index in [2.05, 4.69) is 10.1 Å². The van der Waals surface area contributed by atoms with Gasteiger partial charge in [0.15, 0.2) is 0 Å². The zero-order chi connectivity index (χ0) is 19.1. The molecule has 0 aliphatic carbocycles. The van der Waals surface area contributed by atoms with Crippen LogP contribution in [0.25, 0.3) is 16.6 Å². The third-order valence-electron chi connectivity index (χ3n) is 4.78. The largest absolute Gasteiger partial charge is 0.493 e. The predicted octanol–water partition coefficient (Wildman–Crippen LogP) is 2.80. The van der Waals surface area contributed by atoms with Gasteiger partial charge >= 0.3 is 5.69 Å². The van der Waals surface area contributed by atoms with Crippen LogP contribution in [0.4, 0.5) is 0 Å². The van der Waals surface area contributed by atoms with Crippen molar-refractivity contribution >= 4 is 10.9 Å².